The molecule has 1 saturated carbocycles. The number of amides is 1. The summed E-state index contributed by atoms with van der Waals surface area (Å²) in [5.41, 5.74) is 11.1. The highest BCUT2D eigenvalue weighted by atomic mass is 19.2. The third-order valence-corrected chi connectivity index (χ3v) is 8.07. The first kappa shape index (κ1) is 24.7. The van der Waals surface area contributed by atoms with Crippen molar-refractivity contribution in [2.75, 3.05) is 4.90 Å². The van der Waals surface area contributed by atoms with Gasteiger partial charge in [-0.05, 0) is 82.2 Å². The summed E-state index contributed by atoms with van der Waals surface area (Å²) in [4.78, 5) is 20.0. The van der Waals surface area contributed by atoms with Gasteiger partial charge in [-0.3, -0.25) is 4.79 Å². The molecule has 3 heterocycles. The van der Waals surface area contributed by atoms with Gasteiger partial charge in [0, 0.05) is 35.8 Å². The average molecular weight is 520 g/mol. The number of aryl methyl sites for hydroxylation is 2. The molecule has 1 saturated heterocycles. The van der Waals surface area contributed by atoms with Gasteiger partial charge in [-0.1, -0.05) is 11.2 Å². The fraction of sp³-hybridized carbons (Fsp3) is 0.414. The Morgan fingerprint density at radius 1 is 1.00 bits per heavy atom. The van der Waals surface area contributed by atoms with Crippen molar-refractivity contribution in [2.24, 2.45) is 5.73 Å². The van der Waals surface area contributed by atoms with E-state index in [1.165, 1.54) is 6.07 Å². The number of fused-ring (bicyclic) bond motifs is 1. The average Bonchev–Trinajstić information content (AvgIpc) is 3.45. The molecule has 0 radical (unpaired) electrons. The van der Waals surface area contributed by atoms with Gasteiger partial charge in [-0.15, -0.1) is 0 Å². The molecule has 38 heavy (non-hydrogen) atoms. The number of benzene rings is 2. The first-order valence-corrected chi connectivity index (χ1v) is 13.3. The highest BCUT2D eigenvalue weighted by Crippen LogP contribution is 2.41. The number of imidazole rings is 1. The predicted octanol–water partition coefficient (Wildman–Crippen LogP) is 6.29. The summed E-state index contributed by atoms with van der Waals surface area (Å²) in [6.45, 7) is 3.81. The van der Waals surface area contributed by atoms with Crippen LogP contribution in [0.5, 0.6) is 0 Å². The molecule has 6 rings (SSSR count). The Morgan fingerprint density at radius 3 is 2.50 bits per heavy atom. The van der Waals surface area contributed by atoms with Crippen molar-refractivity contribution in [1.82, 2.24) is 14.7 Å². The van der Waals surface area contributed by atoms with E-state index < -0.39 is 17.7 Å². The van der Waals surface area contributed by atoms with Crippen LogP contribution < -0.4 is 10.6 Å². The zero-order chi connectivity index (χ0) is 26.6. The highest BCUT2D eigenvalue weighted by Gasteiger charge is 2.36. The molecule has 0 spiro atoms. The molecule has 0 bridgehead atoms. The summed E-state index contributed by atoms with van der Waals surface area (Å²) >= 11 is 0. The first-order valence-electron chi connectivity index (χ1n) is 13.3. The van der Waals surface area contributed by atoms with Crippen molar-refractivity contribution in [3.8, 4) is 11.1 Å². The maximum atomic E-state index is 14.3. The smallest absolute Gasteiger partial charge is 0.227 e. The number of hydrogen-bond donors (Lipinski definition) is 1. The van der Waals surface area contributed by atoms with Crippen LogP contribution in [0.2, 0.25) is 0 Å². The van der Waals surface area contributed by atoms with Crippen LogP contribution in [-0.4, -0.2) is 26.7 Å². The van der Waals surface area contributed by atoms with Crippen LogP contribution in [0.15, 0.2) is 40.9 Å². The van der Waals surface area contributed by atoms with E-state index in [-0.39, 0.29) is 18.0 Å². The molecule has 4 aromatic rings. The minimum absolute atomic E-state index is 0.118. The van der Waals surface area contributed by atoms with Crippen molar-refractivity contribution in [3.05, 3.63) is 65.3 Å². The summed E-state index contributed by atoms with van der Waals surface area (Å²) in [7, 11) is 0. The Kier molecular flexibility index (Phi) is 6.26. The number of aromatic nitrogens is 3. The second-order valence-corrected chi connectivity index (χ2v) is 10.6. The number of piperidine rings is 1. The normalized spacial score (nSPS) is 22.4. The van der Waals surface area contributed by atoms with Crippen molar-refractivity contribution in [2.45, 2.75) is 76.9 Å². The Bertz CT molecular complexity index is 1500. The Labute approximate surface area is 219 Å². The molecular formula is C29H31F2N5O2. The van der Waals surface area contributed by atoms with Crippen LogP contribution in [-0.2, 0) is 4.79 Å². The van der Waals surface area contributed by atoms with Crippen LogP contribution in [0.1, 0.15) is 74.3 Å². The summed E-state index contributed by atoms with van der Waals surface area (Å²) in [5, 5.41) is 4.10. The second kappa shape index (κ2) is 9.62. The van der Waals surface area contributed by atoms with Gasteiger partial charge < -0.3 is 19.7 Å². The van der Waals surface area contributed by atoms with E-state index in [9.17, 15) is 13.6 Å². The molecule has 2 aromatic heterocycles. The molecule has 2 fully saturated rings. The van der Waals surface area contributed by atoms with Gasteiger partial charge in [0.1, 0.15) is 11.6 Å². The van der Waals surface area contributed by atoms with Gasteiger partial charge in [0.05, 0.1) is 22.8 Å². The largest absolute Gasteiger partial charge is 0.361 e. The molecule has 1 atom stereocenters. The molecule has 2 aromatic carbocycles. The standard InChI is InChI=1S/C29H31F2N5O2/c1-16-28(17(2)38-34-16)18-6-13-25-24(14-18)33-29(36(25)20-9-7-19(32)8-10-20)26-4-3-5-27(37)35(26)21-11-12-22(30)23(31)15-21/h6,11-15,19-20,26H,3-5,7-10,32H2,1-2H3/t19?,20?,26-/m0/s1. The van der Waals surface area contributed by atoms with Gasteiger partial charge in [0.25, 0.3) is 0 Å². The zero-order valence-corrected chi connectivity index (χ0v) is 21.6. The molecule has 9 heteroatoms. The van der Waals surface area contributed by atoms with Gasteiger partial charge in [0.2, 0.25) is 5.91 Å². The lowest BCUT2D eigenvalue weighted by Crippen LogP contribution is -2.40. The number of carbonyl (C=O) groups is 1. The highest BCUT2D eigenvalue weighted by molar-refractivity contribution is 5.95. The topological polar surface area (TPSA) is 90.2 Å². The first-order chi connectivity index (χ1) is 18.3. The van der Waals surface area contributed by atoms with Crippen molar-refractivity contribution < 1.29 is 18.1 Å². The quantitative estimate of drug-likeness (QED) is 0.342. The molecule has 1 aliphatic carbocycles. The summed E-state index contributed by atoms with van der Waals surface area (Å²) in [6, 6.07) is 9.80. The monoisotopic (exact) mass is 519 g/mol. The lowest BCUT2D eigenvalue weighted by Gasteiger charge is -2.37. The maximum Gasteiger partial charge on any atom is 0.227 e. The van der Waals surface area contributed by atoms with E-state index >= 15 is 0 Å². The summed E-state index contributed by atoms with van der Waals surface area (Å²) in [5.74, 6) is -0.516. The van der Waals surface area contributed by atoms with Crippen molar-refractivity contribution >= 4 is 22.6 Å². The maximum absolute atomic E-state index is 14.3. The molecular weight excluding hydrogens is 488 g/mol. The third kappa shape index (κ3) is 4.18. The summed E-state index contributed by atoms with van der Waals surface area (Å²) in [6.07, 6.45) is 5.39. The number of carbonyl (C=O) groups excluding carboxylic acids is 1. The molecule has 2 aliphatic rings. The number of halogens is 2. The molecule has 2 N–H and O–H groups in total. The van der Waals surface area contributed by atoms with E-state index in [1.54, 1.807) is 4.90 Å². The predicted molar refractivity (Wildman–Crippen MR) is 141 cm³/mol. The second-order valence-electron chi connectivity index (χ2n) is 10.6. The fourth-order valence-corrected chi connectivity index (χ4v) is 6.22. The van der Waals surface area contributed by atoms with E-state index in [2.05, 4.69) is 21.9 Å². The molecule has 198 valence electrons. The lowest BCUT2D eigenvalue weighted by atomic mass is 9.91. The van der Waals surface area contributed by atoms with Crippen LogP contribution in [0, 0.1) is 25.5 Å². The van der Waals surface area contributed by atoms with E-state index in [0.29, 0.717) is 24.9 Å². The lowest BCUT2D eigenvalue weighted by molar-refractivity contribution is -0.120. The number of anilines is 1. The number of nitrogens with zero attached hydrogens (tertiary/aromatic N) is 4. The van der Waals surface area contributed by atoms with Crippen molar-refractivity contribution in [3.63, 3.8) is 0 Å². The van der Waals surface area contributed by atoms with Crippen molar-refractivity contribution in [1.29, 1.82) is 0 Å². The fourth-order valence-electron chi connectivity index (χ4n) is 6.22. The van der Waals surface area contributed by atoms with Crippen LogP contribution in [0.4, 0.5) is 14.5 Å². The Balaban J connectivity index is 1.51. The number of nitrogens with two attached hydrogens (primary N) is 1. The molecule has 7 nitrogen and oxygen atoms in total. The van der Waals surface area contributed by atoms with E-state index in [4.69, 9.17) is 15.2 Å². The van der Waals surface area contributed by atoms with E-state index in [1.807, 2.05) is 19.9 Å². The molecule has 0 unspecified atom stereocenters. The van der Waals surface area contributed by atoms with E-state index in [0.717, 1.165) is 77.3 Å². The number of rotatable bonds is 4. The minimum Gasteiger partial charge on any atom is -0.361 e. The molecule has 1 amide bonds. The summed E-state index contributed by atoms with van der Waals surface area (Å²) < 4.78 is 35.7. The SMILES string of the molecule is Cc1noc(C)c1-c1ccc2c(c1)nc([C@@H]1CCCC(=O)N1c1ccc(F)c(F)c1)n2C1CCC(N)CC1. The van der Waals surface area contributed by atoms with Gasteiger partial charge in [-0.2, -0.15) is 0 Å². The van der Waals surface area contributed by atoms with Crippen LogP contribution in [0.3, 0.4) is 0 Å². The number of hydrogen-bond acceptors (Lipinski definition) is 5. The van der Waals surface area contributed by atoms with Gasteiger partial charge in [-0.25, -0.2) is 13.8 Å². The van der Waals surface area contributed by atoms with Crippen LogP contribution >= 0.6 is 0 Å². The zero-order valence-electron chi connectivity index (χ0n) is 21.6. The minimum atomic E-state index is -0.974. The molecule has 1 aliphatic heterocycles. The van der Waals surface area contributed by atoms with Gasteiger partial charge in [0.15, 0.2) is 11.6 Å². The van der Waals surface area contributed by atoms with Crippen LogP contribution in [0.25, 0.3) is 22.2 Å². The Morgan fingerprint density at radius 2 is 1.79 bits per heavy atom. The van der Waals surface area contributed by atoms with Gasteiger partial charge >= 0.3 is 0 Å². The Hall–Kier alpha value is -3.59. The third-order valence-electron chi connectivity index (χ3n) is 8.07.